The third-order valence-electron chi connectivity index (χ3n) is 5.96. The Balaban J connectivity index is 1.69. The number of methoxy groups -OCH3 is 1. The molecule has 0 saturated carbocycles. The zero-order valence-electron chi connectivity index (χ0n) is 14.2. The van der Waals surface area contributed by atoms with Crippen LogP contribution in [0.15, 0.2) is 49.1 Å². The molecule has 3 heteroatoms. The van der Waals surface area contributed by atoms with E-state index in [1.807, 2.05) is 18.2 Å². The van der Waals surface area contributed by atoms with Gasteiger partial charge in [0.15, 0.2) is 0 Å². The molecule has 3 aliphatic heterocycles. The van der Waals surface area contributed by atoms with Crippen LogP contribution in [-0.2, 0) is 0 Å². The van der Waals surface area contributed by atoms with Crippen LogP contribution in [0, 0.1) is 11.8 Å². The summed E-state index contributed by atoms with van der Waals surface area (Å²) in [6.45, 7) is 6.11. The highest BCUT2D eigenvalue weighted by Gasteiger charge is 2.42. The van der Waals surface area contributed by atoms with Gasteiger partial charge >= 0.3 is 0 Å². The second kappa shape index (κ2) is 6.23. The van der Waals surface area contributed by atoms with Gasteiger partial charge in [0.25, 0.3) is 0 Å². The Bertz CT molecular complexity index is 757. The maximum atomic E-state index is 11.2. The van der Waals surface area contributed by atoms with E-state index in [4.69, 9.17) is 4.74 Å². The van der Waals surface area contributed by atoms with E-state index in [9.17, 15) is 5.11 Å². The number of hydrogen-bond acceptors (Lipinski definition) is 3. The summed E-state index contributed by atoms with van der Waals surface area (Å²) in [5.74, 6) is 2.07. The molecule has 0 aliphatic carbocycles. The Labute approximate surface area is 143 Å². The van der Waals surface area contributed by atoms with E-state index in [1.165, 1.54) is 6.42 Å². The first-order valence-electron chi connectivity index (χ1n) is 8.82. The van der Waals surface area contributed by atoms with Crippen LogP contribution in [0.5, 0.6) is 5.75 Å². The number of fused-ring (bicyclic) bond motifs is 4. The summed E-state index contributed by atoms with van der Waals surface area (Å²) in [7, 11) is 1.68. The average Bonchev–Trinajstić information content (AvgIpc) is 2.66. The Hall–Kier alpha value is -1.84. The van der Waals surface area contributed by atoms with Gasteiger partial charge in [-0.1, -0.05) is 30.3 Å². The minimum absolute atomic E-state index is 0.205. The summed E-state index contributed by atoms with van der Waals surface area (Å²) in [5.41, 5.74) is 1.01. The van der Waals surface area contributed by atoms with Gasteiger partial charge in [-0.05, 0) is 59.7 Å². The van der Waals surface area contributed by atoms with E-state index in [2.05, 4.69) is 35.8 Å². The highest BCUT2D eigenvalue weighted by Crippen LogP contribution is 2.42. The predicted octanol–water partition coefficient (Wildman–Crippen LogP) is 3.78. The SMILES string of the molecule is C=C[C@H]1CN2CC[C@H]1C[C@H]2[C@@H](O)c1cccc2ccc(OC)cc12. The molecular formula is C21H25NO2. The molecular weight excluding hydrogens is 298 g/mol. The van der Waals surface area contributed by atoms with Crippen molar-refractivity contribution in [2.45, 2.75) is 25.0 Å². The van der Waals surface area contributed by atoms with E-state index in [-0.39, 0.29) is 6.04 Å². The number of rotatable bonds is 4. The minimum atomic E-state index is -0.464. The molecule has 1 unspecified atom stereocenters. The first-order valence-corrected chi connectivity index (χ1v) is 8.82. The minimum Gasteiger partial charge on any atom is -0.497 e. The molecule has 3 saturated heterocycles. The Morgan fingerprint density at radius 1 is 1.33 bits per heavy atom. The fraction of sp³-hybridized carbons (Fsp3) is 0.429. The summed E-state index contributed by atoms with van der Waals surface area (Å²) >= 11 is 0. The molecule has 126 valence electrons. The van der Waals surface area contributed by atoms with E-state index in [0.29, 0.717) is 11.8 Å². The summed E-state index contributed by atoms with van der Waals surface area (Å²) in [5, 5.41) is 13.4. The van der Waals surface area contributed by atoms with Gasteiger partial charge in [-0.15, -0.1) is 6.58 Å². The van der Waals surface area contributed by atoms with Gasteiger partial charge < -0.3 is 9.84 Å². The number of hydrogen-bond donors (Lipinski definition) is 1. The smallest absolute Gasteiger partial charge is 0.119 e. The van der Waals surface area contributed by atoms with E-state index < -0.39 is 6.10 Å². The predicted molar refractivity (Wildman–Crippen MR) is 97.2 cm³/mol. The molecule has 3 aliphatic rings. The molecule has 0 radical (unpaired) electrons. The third kappa shape index (κ3) is 2.52. The monoisotopic (exact) mass is 323 g/mol. The second-order valence-corrected chi connectivity index (χ2v) is 7.13. The average molecular weight is 323 g/mol. The zero-order chi connectivity index (χ0) is 16.7. The van der Waals surface area contributed by atoms with Crippen molar-refractivity contribution in [3.63, 3.8) is 0 Å². The van der Waals surface area contributed by atoms with Crippen molar-refractivity contribution in [1.82, 2.24) is 4.90 Å². The lowest BCUT2D eigenvalue weighted by atomic mass is 9.73. The molecule has 0 amide bonds. The van der Waals surface area contributed by atoms with Crippen molar-refractivity contribution in [1.29, 1.82) is 0 Å². The highest BCUT2D eigenvalue weighted by atomic mass is 16.5. The van der Waals surface area contributed by atoms with Crippen LogP contribution < -0.4 is 4.74 Å². The zero-order valence-corrected chi connectivity index (χ0v) is 14.2. The lowest BCUT2D eigenvalue weighted by molar-refractivity contribution is -0.0444. The summed E-state index contributed by atoms with van der Waals surface area (Å²) < 4.78 is 5.38. The van der Waals surface area contributed by atoms with Crippen LogP contribution in [0.4, 0.5) is 0 Å². The van der Waals surface area contributed by atoms with Crippen molar-refractivity contribution in [3.8, 4) is 5.75 Å². The van der Waals surface area contributed by atoms with Gasteiger partial charge in [-0.2, -0.15) is 0 Å². The quantitative estimate of drug-likeness (QED) is 0.869. The summed E-state index contributed by atoms with van der Waals surface area (Å²) in [6.07, 6.45) is 3.92. The lowest BCUT2D eigenvalue weighted by Crippen LogP contribution is -2.54. The topological polar surface area (TPSA) is 32.7 Å². The van der Waals surface area contributed by atoms with Crippen LogP contribution in [0.3, 0.4) is 0 Å². The maximum absolute atomic E-state index is 11.2. The van der Waals surface area contributed by atoms with Crippen molar-refractivity contribution < 1.29 is 9.84 Å². The largest absolute Gasteiger partial charge is 0.497 e. The molecule has 0 aromatic heterocycles. The molecule has 2 aromatic rings. The molecule has 24 heavy (non-hydrogen) atoms. The molecule has 3 nitrogen and oxygen atoms in total. The van der Waals surface area contributed by atoms with Crippen LogP contribution in [0.25, 0.3) is 10.8 Å². The third-order valence-corrected chi connectivity index (χ3v) is 5.96. The molecule has 5 atom stereocenters. The van der Waals surface area contributed by atoms with Gasteiger partial charge in [0, 0.05) is 12.6 Å². The highest BCUT2D eigenvalue weighted by molar-refractivity contribution is 5.87. The van der Waals surface area contributed by atoms with Crippen LogP contribution in [0.2, 0.25) is 0 Å². The van der Waals surface area contributed by atoms with Crippen LogP contribution in [0.1, 0.15) is 24.5 Å². The lowest BCUT2D eigenvalue weighted by Gasteiger charge is -2.50. The summed E-state index contributed by atoms with van der Waals surface area (Å²) in [4.78, 5) is 2.45. The number of nitrogens with zero attached hydrogens (tertiary/aromatic N) is 1. The first kappa shape index (κ1) is 15.7. The number of aliphatic hydroxyl groups excluding tert-OH is 1. The van der Waals surface area contributed by atoms with Crippen molar-refractivity contribution in [2.24, 2.45) is 11.8 Å². The molecule has 0 spiro atoms. The van der Waals surface area contributed by atoms with E-state index >= 15 is 0 Å². The maximum Gasteiger partial charge on any atom is 0.119 e. The normalized spacial score (nSPS) is 30.2. The standard InChI is InChI=1S/C21H25NO2/c1-3-14-13-22-10-9-16(14)11-20(22)21(23)18-6-4-5-15-7-8-17(24-2)12-19(15)18/h3-8,12,14,16,20-21,23H,1,9-11,13H2,2H3/t14-,16-,20-,21-/m0/s1. The van der Waals surface area contributed by atoms with Crippen LogP contribution in [-0.4, -0.2) is 36.2 Å². The number of aliphatic hydroxyl groups is 1. The van der Waals surface area contributed by atoms with Gasteiger partial charge in [-0.3, -0.25) is 4.90 Å². The molecule has 2 bridgehead atoms. The first-order chi connectivity index (χ1) is 11.7. The molecule has 5 rings (SSSR count). The van der Waals surface area contributed by atoms with Gasteiger partial charge in [0.1, 0.15) is 5.75 Å². The molecule has 3 fully saturated rings. The summed E-state index contributed by atoms with van der Waals surface area (Å²) in [6, 6.07) is 12.5. The number of piperidine rings is 3. The molecule has 1 N–H and O–H groups in total. The van der Waals surface area contributed by atoms with Gasteiger partial charge in [0.2, 0.25) is 0 Å². The van der Waals surface area contributed by atoms with E-state index in [1.54, 1.807) is 7.11 Å². The van der Waals surface area contributed by atoms with Crippen LogP contribution >= 0.6 is 0 Å². The Morgan fingerprint density at radius 3 is 2.92 bits per heavy atom. The van der Waals surface area contributed by atoms with E-state index in [0.717, 1.165) is 41.6 Å². The van der Waals surface area contributed by atoms with Gasteiger partial charge in [0.05, 0.1) is 13.2 Å². The Kier molecular flexibility index (Phi) is 4.07. The van der Waals surface area contributed by atoms with Crippen molar-refractivity contribution in [2.75, 3.05) is 20.2 Å². The number of benzene rings is 2. The second-order valence-electron chi connectivity index (χ2n) is 7.13. The Morgan fingerprint density at radius 2 is 2.21 bits per heavy atom. The fourth-order valence-corrected chi connectivity index (χ4v) is 4.57. The fourth-order valence-electron chi connectivity index (χ4n) is 4.57. The van der Waals surface area contributed by atoms with Crippen molar-refractivity contribution in [3.05, 3.63) is 54.6 Å². The molecule has 2 aromatic carbocycles. The van der Waals surface area contributed by atoms with Gasteiger partial charge in [-0.25, -0.2) is 0 Å². The number of ether oxygens (including phenoxy) is 1. The molecule has 3 heterocycles. The van der Waals surface area contributed by atoms with Crippen molar-refractivity contribution >= 4 is 10.8 Å².